The molecule has 108 valence electrons. The van der Waals surface area contributed by atoms with Crippen molar-refractivity contribution in [1.29, 1.82) is 0 Å². The van der Waals surface area contributed by atoms with E-state index >= 15 is 0 Å². The summed E-state index contributed by atoms with van der Waals surface area (Å²) in [5, 5.41) is 22.4. The van der Waals surface area contributed by atoms with E-state index in [2.05, 4.69) is 10.5 Å². The molecule has 0 unspecified atom stereocenters. The van der Waals surface area contributed by atoms with Crippen LogP contribution in [0.4, 0.5) is 5.69 Å². The van der Waals surface area contributed by atoms with Crippen LogP contribution >= 0.6 is 0 Å². The van der Waals surface area contributed by atoms with Gasteiger partial charge in [0.05, 0.1) is 11.4 Å². The highest BCUT2D eigenvalue weighted by Gasteiger charge is 2.06. The lowest BCUT2D eigenvalue weighted by molar-refractivity contribution is 0.0955. The Morgan fingerprint density at radius 3 is 2.38 bits per heavy atom. The third-order valence-corrected chi connectivity index (χ3v) is 2.90. The number of phenolic OH excluding ortho intramolecular Hbond substituents is 1. The first-order chi connectivity index (χ1) is 10.1. The van der Waals surface area contributed by atoms with Crippen molar-refractivity contribution >= 4 is 17.3 Å². The van der Waals surface area contributed by atoms with E-state index < -0.39 is 0 Å². The summed E-state index contributed by atoms with van der Waals surface area (Å²) in [6, 6.07) is 13.0. The second-order valence-electron chi connectivity index (χ2n) is 4.34. The fourth-order valence-corrected chi connectivity index (χ4v) is 1.74. The fraction of sp³-hybridized carbons (Fsp3) is 0.0667. The van der Waals surface area contributed by atoms with E-state index in [0.717, 1.165) is 0 Å². The minimum absolute atomic E-state index is 0.103. The van der Waals surface area contributed by atoms with Crippen molar-refractivity contribution in [3.8, 4) is 5.75 Å². The van der Waals surface area contributed by atoms with Gasteiger partial charge in [-0.05, 0) is 43.3 Å². The molecule has 0 aliphatic rings. The molecule has 0 bridgehead atoms. The molecule has 2 aromatic rings. The number of anilines is 1. The molecular weight excluding hydrogens is 270 g/mol. The van der Waals surface area contributed by atoms with Gasteiger partial charge in [-0.25, -0.2) is 5.43 Å². The Bertz CT molecular complexity index is 666. The van der Waals surface area contributed by atoms with Crippen molar-refractivity contribution in [2.75, 3.05) is 5.48 Å². The molecule has 1 amide bonds. The SMILES string of the molecule is C/C(=N\NC(=O)c1ccc(NO)cc1)c1ccccc1O. The molecule has 0 atom stereocenters. The monoisotopic (exact) mass is 285 g/mol. The van der Waals surface area contributed by atoms with Gasteiger partial charge in [0.25, 0.3) is 5.91 Å². The van der Waals surface area contributed by atoms with Crippen LogP contribution in [0.2, 0.25) is 0 Å². The predicted molar refractivity (Wildman–Crippen MR) is 79.6 cm³/mol. The van der Waals surface area contributed by atoms with Crippen molar-refractivity contribution < 1.29 is 15.1 Å². The molecule has 0 aromatic heterocycles. The van der Waals surface area contributed by atoms with E-state index in [9.17, 15) is 9.90 Å². The van der Waals surface area contributed by atoms with E-state index in [-0.39, 0.29) is 11.7 Å². The van der Waals surface area contributed by atoms with E-state index in [0.29, 0.717) is 22.5 Å². The Labute approximate surface area is 121 Å². The Hall–Kier alpha value is -2.86. The van der Waals surface area contributed by atoms with Crippen LogP contribution in [0.25, 0.3) is 0 Å². The zero-order chi connectivity index (χ0) is 15.2. The lowest BCUT2D eigenvalue weighted by Gasteiger charge is -2.05. The second kappa shape index (κ2) is 6.53. The van der Waals surface area contributed by atoms with Crippen molar-refractivity contribution in [1.82, 2.24) is 5.43 Å². The largest absolute Gasteiger partial charge is 0.507 e. The summed E-state index contributed by atoms with van der Waals surface area (Å²) in [6.45, 7) is 1.69. The summed E-state index contributed by atoms with van der Waals surface area (Å²) in [7, 11) is 0. The van der Waals surface area contributed by atoms with Gasteiger partial charge in [0, 0.05) is 11.1 Å². The van der Waals surface area contributed by atoms with Crippen LogP contribution in [0.15, 0.2) is 53.6 Å². The summed E-state index contributed by atoms with van der Waals surface area (Å²) in [5.74, 6) is -0.277. The number of rotatable bonds is 4. The van der Waals surface area contributed by atoms with Gasteiger partial charge >= 0.3 is 0 Å². The number of para-hydroxylation sites is 1. The van der Waals surface area contributed by atoms with Crippen molar-refractivity contribution in [3.63, 3.8) is 0 Å². The van der Waals surface area contributed by atoms with Crippen molar-refractivity contribution in [2.45, 2.75) is 6.92 Å². The molecule has 0 saturated carbocycles. The number of carbonyl (C=O) groups is 1. The molecule has 21 heavy (non-hydrogen) atoms. The summed E-state index contributed by atoms with van der Waals surface area (Å²) in [5.41, 5.74) is 6.34. The van der Waals surface area contributed by atoms with Gasteiger partial charge in [0.1, 0.15) is 5.75 Å². The molecular formula is C15H15N3O3. The first kappa shape index (κ1) is 14.5. The molecule has 0 spiro atoms. The normalized spacial score (nSPS) is 11.0. The molecule has 0 saturated heterocycles. The van der Waals surface area contributed by atoms with Crippen molar-refractivity contribution in [3.05, 3.63) is 59.7 Å². The van der Waals surface area contributed by atoms with Crippen LogP contribution in [-0.2, 0) is 0 Å². The van der Waals surface area contributed by atoms with Crippen LogP contribution in [0.1, 0.15) is 22.8 Å². The van der Waals surface area contributed by atoms with Crippen LogP contribution in [-0.4, -0.2) is 21.9 Å². The zero-order valence-electron chi connectivity index (χ0n) is 11.4. The smallest absolute Gasteiger partial charge is 0.271 e. The molecule has 0 aliphatic heterocycles. The lowest BCUT2D eigenvalue weighted by atomic mass is 10.1. The number of hydrogen-bond acceptors (Lipinski definition) is 5. The molecule has 6 heteroatoms. The third-order valence-electron chi connectivity index (χ3n) is 2.90. The minimum Gasteiger partial charge on any atom is -0.507 e. The number of nitrogens with one attached hydrogen (secondary N) is 2. The number of benzene rings is 2. The van der Waals surface area contributed by atoms with Gasteiger partial charge in [-0.3, -0.25) is 15.5 Å². The number of aromatic hydroxyl groups is 1. The third kappa shape index (κ3) is 3.58. The van der Waals surface area contributed by atoms with Crippen molar-refractivity contribution in [2.24, 2.45) is 5.10 Å². The highest BCUT2D eigenvalue weighted by molar-refractivity contribution is 6.02. The summed E-state index contributed by atoms with van der Waals surface area (Å²) < 4.78 is 0. The maximum Gasteiger partial charge on any atom is 0.271 e. The number of amides is 1. The topological polar surface area (TPSA) is 94.0 Å². The zero-order valence-corrected chi connectivity index (χ0v) is 11.4. The van der Waals surface area contributed by atoms with Gasteiger partial charge in [0.15, 0.2) is 0 Å². The quantitative estimate of drug-likeness (QED) is 0.512. The number of hydrogen-bond donors (Lipinski definition) is 4. The molecule has 6 nitrogen and oxygen atoms in total. The van der Waals surface area contributed by atoms with Gasteiger partial charge in [-0.15, -0.1) is 0 Å². The van der Waals surface area contributed by atoms with Crippen LogP contribution in [0, 0.1) is 0 Å². The highest BCUT2D eigenvalue weighted by atomic mass is 16.5. The molecule has 0 fully saturated rings. The maximum atomic E-state index is 11.9. The molecule has 2 aromatic carbocycles. The van der Waals surface area contributed by atoms with E-state index in [1.807, 2.05) is 5.48 Å². The molecule has 0 radical (unpaired) electrons. The fourth-order valence-electron chi connectivity index (χ4n) is 1.74. The average Bonchev–Trinajstić information content (AvgIpc) is 2.52. The highest BCUT2D eigenvalue weighted by Crippen LogP contribution is 2.16. The number of hydrazone groups is 1. The van der Waals surface area contributed by atoms with E-state index in [1.54, 1.807) is 55.5 Å². The average molecular weight is 285 g/mol. The van der Waals surface area contributed by atoms with Crippen LogP contribution in [0.3, 0.4) is 0 Å². The first-order valence-corrected chi connectivity index (χ1v) is 6.25. The molecule has 0 heterocycles. The van der Waals surface area contributed by atoms with E-state index in [4.69, 9.17) is 5.21 Å². The molecule has 4 N–H and O–H groups in total. The van der Waals surface area contributed by atoms with Gasteiger partial charge in [0.2, 0.25) is 0 Å². The summed E-state index contributed by atoms with van der Waals surface area (Å²) in [4.78, 5) is 11.9. The number of carbonyl (C=O) groups excluding carboxylic acids is 1. The van der Waals surface area contributed by atoms with Gasteiger partial charge in [-0.1, -0.05) is 12.1 Å². The number of phenols is 1. The molecule has 0 aliphatic carbocycles. The Balaban J connectivity index is 2.09. The maximum absolute atomic E-state index is 11.9. The Morgan fingerprint density at radius 1 is 1.10 bits per heavy atom. The lowest BCUT2D eigenvalue weighted by Crippen LogP contribution is -2.19. The van der Waals surface area contributed by atoms with Crippen LogP contribution < -0.4 is 10.9 Å². The van der Waals surface area contributed by atoms with Gasteiger partial charge < -0.3 is 5.11 Å². The Kier molecular flexibility index (Phi) is 4.53. The molecule has 2 rings (SSSR count). The summed E-state index contributed by atoms with van der Waals surface area (Å²) >= 11 is 0. The standard InChI is InChI=1S/C15H15N3O3/c1-10(13-4-2-3-5-14(13)19)16-17-15(20)11-6-8-12(18-21)9-7-11/h2-9,18-19,21H,1H3,(H,17,20)/b16-10+. The second-order valence-corrected chi connectivity index (χ2v) is 4.34. The Morgan fingerprint density at radius 2 is 1.76 bits per heavy atom. The summed E-state index contributed by atoms with van der Waals surface area (Å²) in [6.07, 6.45) is 0. The van der Waals surface area contributed by atoms with Gasteiger partial charge in [-0.2, -0.15) is 5.10 Å². The van der Waals surface area contributed by atoms with Crippen LogP contribution in [0.5, 0.6) is 5.75 Å². The number of nitrogens with zero attached hydrogens (tertiary/aromatic N) is 1. The predicted octanol–water partition coefficient (Wildman–Crippen LogP) is 2.35. The minimum atomic E-state index is -0.380. The first-order valence-electron chi connectivity index (χ1n) is 6.25. The van der Waals surface area contributed by atoms with E-state index in [1.165, 1.54) is 0 Å².